The third kappa shape index (κ3) is 4.54. The van der Waals surface area contributed by atoms with Crippen molar-refractivity contribution in [3.8, 4) is 0 Å². The van der Waals surface area contributed by atoms with Crippen LogP contribution in [-0.4, -0.2) is 16.0 Å². The van der Waals surface area contributed by atoms with E-state index in [1.165, 1.54) is 18.2 Å². The zero-order valence-electron chi connectivity index (χ0n) is 12.8. The Morgan fingerprint density at radius 3 is 2.35 bits per heavy atom. The maximum atomic E-state index is 13.3. The van der Waals surface area contributed by atoms with Gasteiger partial charge in [0.25, 0.3) is 0 Å². The Hall–Kier alpha value is -2.38. The van der Waals surface area contributed by atoms with E-state index in [2.05, 4.69) is 20.6 Å². The second kappa shape index (κ2) is 6.39. The molecule has 1 aromatic carbocycles. The van der Waals surface area contributed by atoms with Crippen LogP contribution in [0.1, 0.15) is 25.1 Å². The van der Waals surface area contributed by atoms with Crippen molar-refractivity contribution in [3.63, 3.8) is 0 Å². The molecule has 0 spiro atoms. The van der Waals surface area contributed by atoms with Gasteiger partial charge in [0.2, 0.25) is 5.95 Å². The van der Waals surface area contributed by atoms with E-state index in [0.29, 0.717) is 11.3 Å². The number of nitrogens with one attached hydrogen (secondary N) is 2. The van der Waals surface area contributed by atoms with E-state index in [1.54, 1.807) is 20.8 Å². The highest BCUT2D eigenvalue weighted by Gasteiger charge is 2.33. The highest BCUT2D eigenvalue weighted by atomic mass is 19.4. The third-order valence-electron chi connectivity index (χ3n) is 2.86. The van der Waals surface area contributed by atoms with Crippen LogP contribution in [0.4, 0.5) is 35.0 Å². The summed E-state index contributed by atoms with van der Waals surface area (Å²) in [6.07, 6.45) is -4.59. The number of alkyl halides is 3. The summed E-state index contributed by atoms with van der Waals surface area (Å²) in [5, 5.41) is 5.48. The Labute approximate surface area is 131 Å². The van der Waals surface area contributed by atoms with E-state index in [9.17, 15) is 17.6 Å². The lowest BCUT2D eigenvalue weighted by atomic mass is 10.2. The fraction of sp³-hybridized carbons (Fsp3) is 0.333. The molecule has 0 unspecified atom stereocenters. The van der Waals surface area contributed by atoms with Gasteiger partial charge in [0.1, 0.15) is 11.6 Å². The molecule has 0 atom stereocenters. The number of hydrogen-bond donors (Lipinski definition) is 2. The molecule has 2 N–H and O–H groups in total. The van der Waals surface area contributed by atoms with Gasteiger partial charge >= 0.3 is 6.18 Å². The van der Waals surface area contributed by atoms with E-state index in [4.69, 9.17) is 0 Å². The highest BCUT2D eigenvalue weighted by molar-refractivity contribution is 5.58. The Bertz CT molecular complexity index is 698. The minimum absolute atomic E-state index is 0.0264. The van der Waals surface area contributed by atoms with Crippen LogP contribution in [0.25, 0.3) is 0 Å². The first-order valence-corrected chi connectivity index (χ1v) is 6.91. The summed E-state index contributed by atoms with van der Waals surface area (Å²) in [6.45, 7) is 5.09. The number of hydrogen-bond acceptors (Lipinski definition) is 4. The number of aryl methyl sites for hydroxylation is 1. The van der Waals surface area contributed by atoms with Gasteiger partial charge in [-0.25, -0.2) is 9.37 Å². The molecule has 0 aliphatic carbocycles. The number of anilines is 3. The second-order valence-electron chi connectivity index (χ2n) is 5.35. The van der Waals surface area contributed by atoms with Crippen LogP contribution < -0.4 is 10.6 Å². The molecule has 0 bridgehead atoms. The molecule has 0 saturated carbocycles. The largest absolute Gasteiger partial charge is 0.433 e. The van der Waals surface area contributed by atoms with E-state index in [-0.39, 0.29) is 17.8 Å². The summed E-state index contributed by atoms with van der Waals surface area (Å²) in [5.74, 6) is -0.547. The predicted octanol–water partition coefficient (Wildman–Crippen LogP) is 4.51. The number of benzene rings is 1. The van der Waals surface area contributed by atoms with Gasteiger partial charge in [-0.1, -0.05) is 0 Å². The molecule has 0 amide bonds. The lowest BCUT2D eigenvalue weighted by Gasteiger charge is -2.14. The Balaban J connectivity index is 2.37. The van der Waals surface area contributed by atoms with Crippen LogP contribution >= 0.6 is 0 Å². The zero-order valence-corrected chi connectivity index (χ0v) is 12.8. The molecule has 2 aromatic rings. The molecule has 0 aliphatic rings. The molecule has 2 rings (SSSR count). The highest BCUT2D eigenvalue weighted by Crippen LogP contribution is 2.30. The maximum Gasteiger partial charge on any atom is 0.433 e. The molecule has 8 heteroatoms. The predicted molar refractivity (Wildman–Crippen MR) is 80.2 cm³/mol. The number of aromatic nitrogens is 2. The Morgan fingerprint density at radius 2 is 1.78 bits per heavy atom. The molecular weight excluding hydrogens is 312 g/mol. The number of nitrogens with zero attached hydrogens (tertiary/aromatic N) is 2. The lowest BCUT2D eigenvalue weighted by molar-refractivity contribution is -0.141. The van der Waals surface area contributed by atoms with Gasteiger partial charge in [-0.2, -0.15) is 18.2 Å². The fourth-order valence-electron chi connectivity index (χ4n) is 1.85. The van der Waals surface area contributed by atoms with Crippen molar-refractivity contribution in [1.29, 1.82) is 0 Å². The number of rotatable bonds is 4. The molecule has 1 aromatic heterocycles. The van der Waals surface area contributed by atoms with E-state index in [1.807, 2.05) is 0 Å². The van der Waals surface area contributed by atoms with Crippen LogP contribution in [0.3, 0.4) is 0 Å². The normalized spacial score (nSPS) is 11.7. The average Bonchev–Trinajstić information content (AvgIpc) is 2.41. The molecule has 124 valence electrons. The Morgan fingerprint density at radius 1 is 1.09 bits per heavy atom. The van der Waals surface area contributed by atoms with E-state index in [0.717, 1.165) is 6.07 Å². The van der Waals surface area contributed by atoms with Crippen molar-refractivity contribution in [1.82, 2.24) is 9.97 Å². The fourth-order valence-corrected chi connectivity index (χ4v) is 1.85. The quantitative estimate of drug-likeness (QED) is 0.811. The summed E-state index contributed by atoms with van der Waals surface area (Å²) in [7, 11) is 0. The smallest absolute Gasteiger partial charge is 0.352 e. The summed E-state index contributed by atoms with van der Waals surface area (Å²) in [4.78, 5) is 7.48. The van der Waals surface area contributed by atoms with Crippen molar-refractivity contribution in [2.24, 2.45) is 0 Å². The molecule has 0 aliphatic heterocycles. The molecule has 1 heterocycles. The van der Waals surface area contributed by atoms with Crippen LogP contribution in [0.2, 0.25) is 0 Å². The van der Waals surface area contributed by atoms with Gasteiger partial charge in [-0.3, -0.25) is 0 Å². The topological polar surface area (TPSA) is 49.8 Å². The number of halogens is 4. The molecule has 4 nitrogen and oxygen atoms in total. The van der Waals surface area contributed by atoms with Crippen molar-refractivity contribution in [3.05, 3.63) is 41.3 Å². The second-order valence-corrected chi connectivity index (χ2v) is 5.35. The van der Waals surface area contributed by atoms with Crippen molar-refractivity contribution >= 4 is 17.5 Å². The van der Waals surface area contributed by atoms with Crippen molar-refractivity contribution < 1.29 is 17.6 Å². The molecular formula is C15H16F4N4. The van der Waals surface area contributed by atoms with Gasteiger partial charge in [-0.05, 0) is 44.5 Å². The Kier molecular flexibility index (Phi) is 4.72. The summed E-state index contributed by atoms with van der Waals surface area (Å²) < 4.78 is 52.1. The van der Waals surface area contributed by atoms with Gasteiger partial charge in [-0.15, -0.1) is 0 Å². The minimum atomic E-state index is -4.59. The van der Waals surface area contributed by atoms with Gasteiger partial charge in [0, 0.05) is 17.8 Å². The first kappa shape index (κ1) is 17.0. The SMILES string of the molecule is Cc1cc(Nc2cc(C(F)(F)F)nc(NC(C)C)n2)ccc1F. The monoisotopic (exact) mass is 328 g/mol. The van der Waals surface area contributed by atoms with Crippen molar-refractivity contribution in [2.75, 3.05) is 10.6 Å². The maximum absolute atomic E-state index is 13.3. The molecule has 0 saturated heterocycles. The van der Waals surface area contributed by atoms with E-state index < -0.39 is 17.7 Å². The molecule has 0 radical (unpaired) electrons. The van der Waals surface area contributed by atoms with Crippen LogP contribution in [-0.2, 0) is 6.18 Å². The average molecular weight is 328 g/mol. The van der Waals surface area contributed by atoms with Gasteiger partial charge in [0.05, 0.1) is 0 Å². The summed E-state index contributed by atoms with van der Waals surface area (Å²) >= 11 is 0. The third-order valence-corrected chi connectivity index (χ3v) is 2.86. The van der Waals surface area contributed by atoms with Crippen molar-refractivity contribution in [2.45, 2.75) is 33.0 Å². The first-order chi connectivity index (χ1) is 10.6. The summed E-state index contributed by atoms with van der Waals surface area (Å²) in [5.41, 5.74) is -0.246. The van der Waals surface area contributed by atoms with Crippen LogP contribution in [0.5, 0.6) is 0 Å². The van der Waals surface area contributed by atoms with Gasteiger partial charge < -0.3 is 10.6 Å². The lowest BCUT2D eigenvalue weighted by Crippen LogP contribution is -2.17. The van der Waals surface area contributed by atoms with Crippen LogP contribution in [0, 0.1) is 12.7 Å². The zero-order chi connectivity index (χ0) is 17.2. The van der Waals surface area contributed by atoms with Crippen LogP contribution in [0.15, 0.2) is 24.3 Å². The van der Waals surface area contributed by atoms with Gasteiger partial charge in [0.15, 0.2) is 5.69 Å². The first-order valence-electron chi connectivity index (χ1n) is 6.91. The summed E-state index contributed by atoms with van der Waals surface area (Å²) in [6, 6.07) is 4.83. The molecule has 23 heavy (non-hydrogen) atoms. The standard InChI is InChI=1S/C15H16F4N4/c1-8(2)20-14-22-12(15(17,18)19)7-13(23-14)21-10-4-5-11(16)9(3)6-10/h4-8H,1-3H3,(H2,20,21,22,23). The molecule has 0 fully saturated rings. The minimum Gasteiger partial charge on any atom is -0.352 e. The van der Waals surface area contributed by atoms with E-state index >= 15 is 0 Å².